The molecule has 2 atom stereocenters. The Labute approximate surface area is 253 Å². The van der Waals surface area contributed by atoms with Gasteiger partial charge in [0.25, 0.3) is 0 Å². The smallest absolute Gasteiger partial charge is 0.240 e. The monoisotopic (exact) mass is 591 g/mol. The summed E-state index contributed by atoms with van der Waals surface area (Å²) in [5.74, 6) is 0.916. The number of rotatable bonds is 11. The number of nitrogens with zero attached hydrogens (tertiary/aromatic N) is 2. The number of para-hydroxylation sites is 1. The zero-order valence-corrected chi connectivity index (χ0v) is 25.8. The Morgan fingerprint density at radius 2 is 1.65 bits per heavy atom. The van der Waals surface area contributed by atoms with E-state index in [0.717, 1.165) is 42.4 Å². The summed E-state index contributed by atoms with van der Waals surface area (Å²) in [4.78, 5) is 35.9. The van der Waals surface area contributed by atoms with Gasteiger partial charge < -0.3 is 35.1 Å². The van der Waals surface area contributed by atoms with Crippen LogP contribution in [0.1, 0.15) is 50.2 Å². The lowest BCUT2D eigenvalue weighted by Crippen LogP contribution is -2.67. The highest BCUT2D eigenvalue weighted by molar-refractivity contribution is 6.00. The first-order chi connectivity index (χ1) is 20.8. The molecule has 3 heterocycles. The maximum atomic E-state index is 14.3. The van der Waals surface area contributed by atoms with Crippen molar-refractivity contribution < 1.29 is 23.8 Å². The molecule has 232 valence electrons. The summed E-state index contributed by atoms with van der Waals surface area (Å²) in [6, 6.07) is 10.9. The predicted molar refractivity (Wildman–Crippen MR) is 167 cm³/mol. The van der Waals surface area contributed by atoms with E-state index in [4.69, 9.17) is 19.9 Å². The van der Waals surface area contributed by atoms with Crippen LogP contribution in [0.4, 0.5) is 0 Å². The van der Waals surface area contributed by atoms with Crippen LogP contribution in [0.5, 0.6) is 17.2 Å². The number of aromatic amines is 1. The lowest BCUT2D eigenvalue weighted by molar-refractivity contribution is -0.137. The number of fused-ring (bicyclic) bond motifs is 1. The number of hydrogen-bond donors (Lipinski definition) is 3. The molecule has 43 heavy (non-hydrogen) atoms. The molecule has 0 bridgehead atoms. The first-order valence-corrected chi connectivity index (χ1v) is 15.2. The van der Waals surface area contributed by atoms with Crippen LogP contribution in [0.3, 0.4) is 0 Å². The SMILES string of the molecule is COc1cc(CNC(=O)C(N2CCC(N3CCCCC3)CC2)C(N)(C(C)=O)c2c[nH]c3ccccc23)cc(OC)c1OC. The molecule has 2 saturated heterocycles. The molecule has 1 aromatic heterocycles. The molecular formula is C33H45N5O5. The Kier molecular flexibility index (Phi) is 9.59. The summed E-state index contributed by atoms with van der Waals surface area (Å²) in [5.41, 5.74) is 7.88. The normalized spacial score (nSPS) is 19.0. The zero-order valence-electron chi connectivity index (χ0n) is 25.8. The van der Waals surface area contributed by atoms with E-state index < -0.39 is 11.6 Å². The van der Waals surface area contributed by atoms with Gasteiger partial charge >= 0.3 is 0 Å². The number of nitrogens with two attached hydrogens (primary N) is 1. The zero-order chi connectivity index (χ0) is 30.6. The molecule has 0 spiro atoms. The summed E-state index contributed by atoms with van der Waals surface area (Å²) < 4.78 is 16.5. The Morgan fingerprint density at radius 3 is 2.26 bits per heavy atom. The van der Waals surface area contributed by atoms with Gasteiger partial charge in [0.2, 0.25) is 11.7 Å². The summed E-state index contributed by atoms with van der Waals surface area (Å²) >= 11 is 0. The fraction of sp³-hybridized carbons (Fsp3) is 0.515. The second-order valence-corrected chi connectivity index (χ2v) is 11.7. The number of nitrogens with one attached hydrogen (secondary N) is 2. The molecule has 2 aliphatic rings. The Morgan fingerprint density at radius 1 is 1.00 bits per heavy atom. The van der Waals surface area contributed by atoms with E-state index in [-0.39, 0.29) is 18.2 Å². The Hall–Kier alpha value is -3.60. The Bertz CT molecular complexity index is 1400. The largest absolute Gasteiger partial charge is 0.493 e. The van der Waals surface area contributed by atoms with E-state index in [1.165, 1.54) is 26.2 Å². The number of benzene rings is 2. The fourth-order valence-corrected chi connectivity index (χ4v) is 6.92. The van der Waals surface area contributed by atoms with Crippen LogP contribution in [-0.4, -0.2) is 86.1 Å². The standard InChI is InChI=1S/C33H45N5O5/c1-22(39)33(34,26-21-35-27-11-7-6-10-25(26)27)31(38-16-12-24(13-17-38)37-14-8-5-9-15-37)32(40)36-20-23-18-28(41-2)30(43-4)29(19-23)42-3/h6-7,10-11,18-19,21,24,31,35H,5,8-9,12-17,20,34H2,1-4H3,(H,36,40). The van der Waals surface area contributed by atoms with Crippen LogP contribution in [-0.2, 0) is 21.7 Å². The summed E-state index contributed by atoms with van der Waals surface area (Å²) in [6.45, 7) is 5.30. The third-order valence-corrected chi connectivity index (χ3v) is 9.26. The quantitative estimate of drug-likeness (QED) is 0.310. The maximum Gasteiger partial charge on any atom is 0.240 e. The van der Waals surface area contributed by atoms with E-state index in [1.54, 1.807) is 39.7 Å². The number of methoxy groups -OCH3 is 3. The number of aromatic nitrogens is 1. The number of H-pyrrole nitrogens is 1. The molecule has 2 aliphatic heterocycles. The lowest BCUT2D eigenvalue weighted by Gasteiger charge is -2.46. The number of piperidine rings is 2. The summed E-state index contributed by atoms with van der Waals surface area (Å²) in [7, 11) is 4.66. The molecule has 0 aliphatic carbocycles. The topological polar surface area (TPSA) is 122 Å². The van der Waals surface area contributed by atoms with Crippen LogP contribution in [0.2, 0.25) is 0 Å². The molecule has 10 nitrogen and oxygen atoms in total. The van der Waals surface area contributed by atoms with Crippen LogP contribution < -0.4 is 25.3 Å². The van der Waals surface area contributed by atoms with E-state index >= 15 is 0 Å². The van der Waals surface area contributed by atoms with Gasteiger partial charge in [0.1, 0.15) is 11.6 Å². The lowest BCUT2D eigenvalue weighted by atomic mass is 9.78. The number of Topliss-reactive ketones (excluding diaryl/α,β-unsaturated/α-hetero) is 1. The minimum atomic E-state index is -1.57. The highest BCUT2D eigenvalue weighted by atomic mass is 16.5. The van der Waals surface area contributed by atoms with Gasteiger partial charge in [-0.15, -0.1) is 0 Å². The van der Waals surface area contributed by atoms with Gasteiger partial charge in [-0.2, -0.15) is 0 Å². The molecule has 0 radical (unpaired) electrons. The van der Waals surface area contributed by atoms with Crippen molar-refractivity contribution in [3.8, 4) is 17.2 Å². The number of likely N-dealkylation sites (tertiary alicyclic amines) is 2. The minimum absolute atomic E-state index is 0.193. The van der Waals surface area contributed by atoms with Crippen molar-refractivity contribution in [1.82, 2.24) is 20.1 Å². The third-order valence-electron chi connectivity index (χ3n) is 9.26. The van der Waals surface area contributed by atoms with Gasteiger partial charge in [0, 0.05) is 48.3 Å². The number of ether oxygens (including phenoxy) is 3. The van der Waals surface area contributed by atoms with E-state index in [0.29, 0.717) is 41.9 Å². The van der Waals surface area contributed by atoms with Crippen molar-refractivity contribution in [1.29, 1.82) is 0 Å². The second-order valence-electron chi connectivity index (χ2n) is 11.7. The van der Waals surface area contributed by atoms with E-state index in [2.05, 4.69) is 20.1 Å². The molecule has 5 rings (SSSR count). The van der Waals surface area contributed by atoms with Gasteiger partial charge in [-0.1, -0.05) is 24.6 Å². The van der Waals surface area contributed by atoms with Crippen molar-refractivity contribution in [2.24, 2.45) is 5.73 Å². The van der Waals surface area contributed by atoms with Crippen LogP contribution in [0.25, 0.3) is 10.9 Å². The number of hydrogen-bond acceptors (Lipinski definition) is 8. The summed E-state index contributed by atoms with van der Waals surface area (Å²) in [6.07, 6.45) is 7.41. The molecule has 2 aromatic carbocycles. The van der Waals surface area contributed by atoms with Crippen molar-refractivity contribution in [2.45, 2.75) is 63.2 Å². The van der Waals surface area contributed by atoms with Crippen LogP contribution in [0.15, 0.2) is 42.6 Å². The van der Waals surface area contributed by atoms with Gasteiger partial charge in [-0.25, -0.2) is 0 Å². The minimum Gasteiger partial charge on any atom is -0.493 e. The molecule has 0 saturated carbocycles. The van der Waals surface area contributed by atoms with E-state index in [9.17, 15) is 9.59 Å². The van der Waals surface area contributed by atoms with Gasteiger partial charge in [-0.05, 0) is 69.5 Å². The fourth-order valence-electron chi connectivity index (χ4n) is 6.92. The number of carbonyl (C=O) groups excluding carboxylic acids is 2. The van der Waals surface area contributed by atoms with Crippen LogP contribution in [0, 0.1) is 0 Å². The van der Waals surface area contributed by atoms with Crippen LogP contribution >= 0.6 is 0 Å². The van der Waals surface area contributed by atoms with Gasteiger partial charge in [0.15, 0.2) is 17.3 Å². The van der Waals surface area contributed by atoms with Crippen molar-refractivity contribution >= 4 is 22.6 Å². The highest BCUT2D eigenvalue weighted by Gasteiger charge is 2.50. The number of ketones is 1. The van der Waals surface area contributed by atoms with Gasteiger partial charge in [-0.3, -0.25) is 14.5 Å². The molecule has 10 heteroatoms. The molecule has 1 amide bonds. The molecule has 3 aromatic rings. The van der Waals surface area contributed by atoms with E-state index in [1.807, 2.05) is 24.3 Å². The summed E-state index contributed by atoms with van der Waals surface area (Å²) in [5, 5.41) is 3.93. The maximum absolute atomic E-state index is 14.3. The third kappa shape index (κ3) is 6.09. The highest BCUT2D eigenvalue weighted by Crippen LogP contribution is 2.39. The van der Waals surface area contributed by atoms with Crippen molar-refractivity contribution in [2.75, 3.05) is 47.5 Å². The first kappa shape index (κ1) is 30.8. The average Bonchev–Trinajstić information content (AvgIpc) is 3.48. The molecular weight excluding hydrogens is 546 g/mol. The molecule has 4 N–H and O–H groups in total. The predicted octanol–water partition coefficient (Wildman–Crippen LogP) is 3.57. The molecule has 2 unspecified atom stereocenters. The number of amides is 1. The van der Waals surface area contributed by atoms with Crippen molar-refractivity contribution in [3.63, 3.8) is 0 Å². The first-order valence-electron chi connectivity index (χ1n) is 15.2. The second kappa shape index (κ2) is 13.4. The number of carbonyl (C=O) groups is 2. The Balaban J connectivity index is 1.46. The van der Waals surface area contributed by atoms with Gasteiger partial charge in [0.05, 0.1) is 21.3 Å². The van der Waals surface area contributed by atoms with Crippen molar-refractivity contribution in [3.05, 3.63) is 53.7 Å². The average molecular weight is 592 g/mol. The molecule has 2 fully saturated rings.